The SMILES string of the molecule is COC(=O)[C@@H](C)NC(=O)c1ccc(-c2ccccc2)cc1. The zero-order valence-electron chi connectivity index (χ0n) is 12.0. The van der Waals surface area contributed by atoms with Crippen LogP contribution in [0.15, 0.2) is 54.6 Å². The van der Waals surface area contributed by atoms with E-state index in [1.807, 2.05) is 42.5 Å². The number of nitrogens with one attached hydrogen (secondary N) is 1. The van der Waals surface area contributed by atoms with Crippen molar-refractivity contribution in [3.63, 3.8) is 0 Å². The summed E-state index contributed by atoms with van der Waals surface area (Å²) in [4.78, 5) is 23.3. The lowest BCUT2D eigenvalue weighted by molar-refractivity contribution is -0.142. The van der Waals surface area contributed by atoms with Crippen LogP contribution in [0.1, 0.15) is 17.3 Å². The molecule has 0 aliphatic rings. The monoisotopic (exact) mass is 283 g/mol. The quantitative estimate of drug-likeness (QED) is 0.878. The van der Waals surface area contributed by atoms with Gasteiger partial charge in [-0.05, 0) is 30.2 Å². The third kappa shape index (κ3) is 3.69. The average Bonchev–Trinajstić information content (AvgIpc) is 2.55. The van der Waals surface area contributed by atoms with Crippen LogP contribution >= 0.6 is 0 Å². The second-order valence-corrected chi connectivity index (χ2v) is 4.66. The molecule has 4 heteroatoms. The Balaban J connectivity index is 2.09. The molecule has 0 saturated carbocycles. The summed E-state index contributed by atoms with van der Waals surface area (Å²) in [5, 5.41) is 2.59. The van der Waals surface area contributed by atoms with Crippen LogP contribution in [-0.4, -0.2) is 25.0 Å². The molecule has 0 heterocycles. The first-order valence-corrected chi connectivity index (χ1v) is 6.66. The van der Waals surface area contributed by atoms with Crippen molar-refractivity contribution in [1.82, 2.24) is 5.32 Å². The van der Waals surface area contributed by atoms with Gasteiger partial charge in [0.1, 0.15) is 6.04 Å². The van der Waals surface area contributed by atoms with E-state index < -0.39 is 12.0 Å². The summed E-state index contributed by atoms with van der Waals surface area (Å²) in [6, 6.07) is 16.5. The van der Waals surface area contributed by atoms with Gasteiger partial charge in [0.15, 0.2) is 0 Å². The maximum absolute atomic E-state index is 12.0. The molecule has 0 fully saturated rings. The van der Waals surface area contributed by atoms with Crippen molar-refractivity contribution in [2.75, 3.05) is 7.11 Å². The Labute approximate surface area is 123 Å². The summed E-state index contributed by atoms with van der Waals surface area (Å²) in [6.07, 6.45) is 0. The van der Waals surface area contributed by atoms with Crippen molar-refractivity contribution < 1.29 is 14.3 Å². The Hall–Kier alpha value is -2.62. The van der Waals surface area contributed by atoms with Gasteiger partial charge < -0.3 is 10.1 Å². The first kappa shape index (κ1) is 14.8. The first-order valence-electron chi connectivity index (χ1n) is 6.66. The van der Waals surface area contributed by atoms with Gasteiger partial charge in [-0.3, -0.25) is 4.79 Å². The van der Waals surface area contributed by atoms with Crippen LogP contribution in [0.3, 0.4) is 0 Å². The Morgan fingerprint density at radius 3 is 2.10 bits per heavy atom. The normalized spacial score (nSPS) is 11.5. The number of benzene rings is 2. The molecule has 4 nitrogen and oxygen atoms in total. The van der Waals surface area contributed by atoms with Gasteiger partial charge in [0.25, 0.3) is 5.91 Å². The van der Waals surface area contributed by atoms with Crippen LogP contribution in [0.4, 0.5) is 0 Å². The van der Waals surface area contributed by atoms with E-state index in [-0.39, 0.29) is 5.91 Å². The van der Waals surface area contributed by atoms with Crippen LogP contribution in [0.2, 0.25) is 0 Å². The van der Waals surface area contributed by atoms with Crippen molar-refractivity contribution in [2.24, 2.45) is 0 Å². The van der Waals surface area contributed by atoms with Gasteiger partial charge >= 0.3 is 5.97 Å². The number of esters is 1. The van der Waals surface area contributed by atoms with Gasteiger partial charge in [-0.15, -0.1) is 0 Å². The summed E-state index contributed by atoms with van der Waals surface area (Å²) >= 11 is 0. The second-order valence-electron chi connectivity index (χ2n) is 4.66. The van der Waals surface area contributed by atoms with Gasteiger partial charge in [-0.1, -0.05) is 42.5 Å². The third-order valence-corrected chi connectivity index (χ3v) is 3.16. The summed E-state index contributed by atoms with van der Waals surface area (Å²) in [7, 11) is 1.29. The maximum atomic E-state index is 12.0. The predicted octanol–water partition coefficient (Wildman–Crippen LogP) is 2.64. The van der Waals surface area contributed by atoms with Gasteiger partial charge in [-0.2, -0.15) is 0 Å². The number of hydrogen-bond acceptors (Lipinski definition) is 3. The minimum absolute atomic E-state index is 0.299. The molecule has 2 aromatic rings. The van der Waals surface area contributed by atoms with E-state index in [9.17, 15) is 9.59 Å². The Morgan fingerprint density at radius 2 is 1.52 bits per heavy atom. The molecule has 108 valence electrons. The lowest BCUT2D eigenvalue weighted by atomic mass is 10.0. The number of methoxy groups -OCH3 is 1. The molecule has 0 spiro atoms. The molecular formula is C17H17NO3. The van der Waals surface area contributed by atoms with E-state index in [4.69, 9.17) is 0 Å². The number of amides is 1. The Kier molecular flexibility index (Phi) is 4.72. The van der Waals surface area contributed by atoms with Crippen molar-refractivity contribution in [3.05, 3.63) is 60.2 Å². The molecular weight excluding hydrogens is 266 g/mol. The topological polar surface area (TPSA) is 55.4 Å². The third-order valence-electron chi connectivity index (χ3n) is 3.16. The molecule has 0 aliphatic carbocycles. The average molecular weight is 283 g/mol. The van der Waals surface area contributed by atoms with Crippen molar-refractivity contribution in [2.45, 2.75) is 13.0 Å². The molecule has 2 rings (SSSR count). The van der Waals surface area contributed by atoms with Crippen molar-refractivity contribution in [1.29, 1.82) is 0 Å². The molecule has 0 unspecified atom stereocenters. The molecule has 0 aliphatic heterocycles. The molecule has 1 N–H and O–H groups in total. The second kappa shape index (κ2) is 6.70. The molecule has 1 amide bonds. The maximum Gasteiger partial charge on any atom is 0.328 e. The molecule has 1 atom stereocenters. The van der Waals surface area contributed by atoms with Crippen LogP contribution in [0, 0.1) is 0 Å². The van der Waals surface area contributed by atoms with Crippen LogP contribution in [0.25, 0.3) is 11.1 Å². The minimum Gasteiger partial charge on any atom is -0.467 e. The van der Waals surface area contributed by atoms with Crippen molar-refractivity contribution >= 4 is 11.9 Å². The lowest BCUT2D eigenvalue weighted by Gasteiger charge is -2.11. The van der Waals surface area contributed by atoms with Crippen LogP contribution < -0.4 is 5.32 Å². The molecule has 2 aromatic carbocycles. The lowest BCUT2D eigenvalue weighted by Crippen LogP contribution is -2.39. The Bertz CT molecular complexity index is 620. The van der Waals surface area contributed by atoms with E-state index in [1.165, 1.54) is 7.11 Å². The zero-order chi connectivity index (χ0) is 15.2. The first-order chi connectivity index (χ1) is 10.1. The van der Waals surface area contributed by atoms with Gasteiger partial charge in [0, 0.05) is 5.56 Å². The smallest absolute Gasteiger partial charge is 0.328 e. The largest absolute Gasteiger partial charge is 0.467 e. The summed E-state index contributed by atoms with van der Waals surface area (Å²) in [5.41, 5.74) is 2.63. The number of carbonyl (C=O) groups is 2. The molecule has 21 heavy (non-hydrogen) atoms. The fourth-order valence-corrected chi connectivity index (χ4v) is 1.96. The molecule has 0 radical (unpaired) electrons. The van der Waals surface area contributed by atoms with E-state index in [0.29, 0.717) is 5.56 Å². The fraction of sp³-hybridized carbons (Fsp3) is 0.176. The van der Waals surface area contributed by atoms with E-state index in [1.54, 1.807) is 19.1 Å². The molecule has 0 aromatic heterocycles. The van der Waals surface area contributed by atoms with Gasteiger partial charge in [0.05, 0.1) is 7.11 Å². The Morgan fingerprint density at radius 1 is 0.952 bits per heavy atom. The number of ether oxygens (including phenoxy) is 1. The highest BCUT2D eigenvalue weighted by atomic mass is 16.5. The van der Waals surface area contributed by atoms with Crippen LogP contribution in [0.5, 0.6) is 0 Å². The highest BCUT2D eigenvalue weighted by Gasteiger charge is 2.16. The zero-order valence-corrected chi connectivity index (χ0v) is 12.0. The summed E-state index contributed by atoms with van der Waals surface area (Å²) in [5.74, 6) is -0.767. The minimum atomic E-state index is -0.670. The molecule has 0 bridgehead atoms. The van der Waals surface area contributed by atoms with E-state index in [2.05, 4.69) is 10.1 Å². The van der Waals surface area contributed by atoms with E-state index >= 15 is 0 Å². The highest BCUT2D eigenvalue weighted by Crippen LogP contribution is 2.19. The number of rotatable bonds is 4. The van der Waals surface area contributed by atoms with Crippen LogP contribution in [-0.2, 0) is 9.53 Å². The standard InChI is InChI=1S/C17H17NO3/c1-12(17(20)21-2)18-16(19)15-10-8-14(9-11-15)13-6-4-3-5-7-13/h3-12H,1-2H3,(H,18,19)/t12-/m1/s1. The molecule has 0 saturated heterocycles. The van der Waals surface area contributed by atoms with E-state index in [0.717, 1.165) is 11.1 Å². The van der Waals surface area contributed by atoms with Gasteiger partial charge in [0.2, 0.25) is 0 Å². The number of carbonyl (C=O) groups excluding carboxylic acids is 2. The van der Waals surface area contributed by atoms with Gasteiger partial charge in [-0.25, -0.2) is 4.79 Å². The summed E-state index contributed by atoms with van der Waals surface area (Å²) in [6.45, 7) is 1.59. The predicted molar refractivity (Wildman–Crippen MR) is 80.8 cm³/mol. The van der Waals surface area contributed by atoms with Crippen molar-refractivity contribution in [3.8, 4) is 11.1 Å². The highest BCUT2D eigenvalue weighted by molar-refractivity contribution is 5.97. The number of hydrogen-bond donors (Lipinski definition) is 1. The summed E-state index contributed by atoms with van der Waals surface area (Å²) < 4.78 is 4.57. The fourth-order valence-electron chi connectivity index (χ4n) is 1.96.